The van der Waals surface area contributed by atoms with Gasteiger partial charge in [0.25, 0.3) is 0 Å². The van der Waals surface area contributed by atoms with Gasteiger partial charge in [0.15, 0.2) is 0 Å². The predicted molar refractivity (Wildman–Crippen MR) is 131 cm³/mol. The Hall–Kier alpha value is -3.35. The molecule has 1 N–H and O–H groups in total. The van der Waals surface area contributed by atoms with Gasteiger partial charge in [-0.1, -0.05) is 48.5 Å². The standard InChI is InChI=1S/C27H20Cl2N2O4/c1-35-16-12-10-15(11-13-16)30-21(32)14-31-24(33)22-23(25(31)34)27(29)18-7-3-2-6-17(18)26(22,28)19-8-4-5-9-20(19)27/h2-13,22-23H,14H2,1H3,(H,30,32)/t22-,23-,26?,27?/m0/s1. The summed E-state index contributed by atoms with van der Waals surface area (Å²) in [6, 6.07) is 21.6. The first kappa shape index (κ1) is 22.1. The van der Waals surface area contributed by atoms with E-state index < -0.39 is 45.9 Å². The number of likely N-dealkylation sites (tertiary alicyclic amines) is 1. The van der Waals surface area contributed by atoms with Crippen LogP contribution in [0, 0.1) is 11.8 Å². The molecule has 6 nitrogen and oxygen atoms in total. The minimum Gasteiger partial charge on any atom is -0.497 e. The average molecular weight is 507 g/mol. The second kappa shape index (κ2) is 7.57. The van der Waals surface area contributed by atoms with Crippen molar-refractivity contribution in [1.82, 2.24) is 4.90 Å². The van der Waals surface area contributed by atoms with Gasteiger partial charge in [-0.05, 0) is 46.5 Å². The Morgan fingerprint density at radius 1 is 0.829 bits per heavy atom. The van der Waals surface area contributed by atoms with Gasteiger partial charge in [-0.15, -0.1) is 23.2 Å². The van der Waals surface area contributed by atoms with Crippen LogP contribution in [0.15, 0.2) is 72.8 Å². The van der Waals surface area contributed by atoms with Crippen molar-refractivity contribution in [3.63, 3.8) is 0 Å². The van der Waals surface area contributed by atoms with E-state index in [9.17, 15) is 14.4 Å². The van der Waals surface area contributed by atoms with Crippen molar-refractivity contribution in [2.24, 2.45) is 11.8 Å². The number of hydrogen-bond donors (Lipinski definition) is 1. The smallest absolute Gasteiger partial charge is 0.244 e. The fraction of sp³-hybridized carbons (Fsp3) is 0.222. The molecular formula is C27H20Cl2N2O4. The third kappa shape index (κ3) is 2.81. The summed E-state index contributed by atoms with van der Waals surface area (Å²) in [5.74, 6) is -2.68. The van der Waals surface area contributed by atoms with Crippen molar-refractivity contribution in [3.8, 4) is 5.75 Å². The second-order valence-corrected chi connectivity index (χ2v) is 10.2. The maximum atomic E-state index is 13.7. The Morgan fingerprint density at radius 2 is 1.26 bits per heavy atom. The molecule has 1 aliphatic heterocycles. The molecule has 1 fully saturated rings. The normalized spacial score (nSPS) is 27.8. The number of rotatable bonds is 4. The third-order valence-electron chi connectivity index (χ3n) is 7.35. The zero-order chi connectivity index (χ0) is 24.5. The van der Waals surface area contributed by atoms with Crippen LogP contribution in [0.25, 0.3) is 0 Å². The summed E-state index contributed by atoms with van der Waals surface area (Å²) in [5.41, 5.74) is 3.42. The first-order chi connectivity index (χ1) is 16.8. The number of alkyl halides is 2. The molecule has 1 saturated heterocycles. The molecule has 4 aliphatic rings. The van der Waals surface area contributed by atoms with Crippen molar-refractivity contribution < 1.29 is 19.1 Å². The fourth-order valence-corrected chi connectivity index (χ4v) is 7.00. The molecule has 176 valence electrons. The summed E-state index contributed by atoms with van der Waals surface area (Å²) in [5, 5.41) is 2.73. The van der Waals surface area contributed by atoms with Gasteiger partial charge in [0.05, 0.1) is 18.9 Å². The topological polar surface area (TPSA) is 75.7 Å². The molecule has 0 aromatic heterocycles. The number of nitrogens with one attached hydrogen (secondary N) is 1. The van der Waals surface area contributed by atoms with E-state index in [0.29, 0.717) is 11.4 Å². The summed E-state index contributed by atoms with van der Waals surface area (Å²) in [6.07, 6.45) is 0. The molecule has 3 amide bonds. The lowest BCUT2D eigenvalue weighted by Crippen LogP contribution is -2.57. The minimum atomic E-state index is -1.26. The summed E-state index contributed by atoms with van der Waals surface area (Å²) in [4.78, 5) is 38.8. The highest BCUT2D eigenvalue weighted by molar-refractivity contribution is 6.36. The van der Waals surface area contributed by atoms with Gasteiger partial charge in [-0.25, -0.2) is 0 Å². The number of methoxy groups -OCH3 is 1. The van der Waals surface area contributed by atoms with E-state index in [1.807, 2.05) is 48.5 Å². The molecule has 3 aliphatic carbocycles. The highest BCUT2D eigenvalue weighted by Crippen LogP contribution is 2.69. The Labute approximate surface area is 211 Å². The van der Waals surface area contributed by atoms with E-state index in [-0.39, 0.29) is 0 Å². The van der Waals surface area contributed by atoms with E-state index in [1.165, 1.54) is 0 Å². The number of amides is 3. The van der Waals surface area contributed by atoms with Crippen LogP contribution in [-0.2, 0) is 24.1 Å². The summed E-state index contributed by atoms with van der Waals surface area (Å²) < 4.78 is 5.13. The molecule has 35 heavy (non-hydrogen) atoms. The molecule has 2 bridgehead atoms. The van der Waals surface area contributed by atoms with Crippen LogP contribution >= 0.6 is 23.2 Å². The number of anilines is 1. The molecule has 8 heteroatoms. The van der Waals surface area contributed by atoms with Crippen molar-refractivity contribution in [1.29, 1.82) is 0 Å². The molecule has 7 rings (SSSR count). The SMILES string of the molecule is COc1ccc(NC(=O)CN2C(=O)[C@@H]3[C@@H](C2=O)C2(Cl)c4ccccc4C3(Cl)c3ccccc32)cc1. The number of carbonyl (C=O) groups is 3. The Kier molecular flexibility index (Phi) is 4.79. The number of carbonyl (C=O) groups excluding carboxylic acids is 3. The van der Waals surface area contributed by atoms with Gasteiger partial charge >= 0.3 is 0 Å². The van der Waals surface area contributed by atoms with Gasteiger partial charge < -0.3 is 10.1 Å². The molecule has 0 unspecified atom stereocenters. The van der Waals surface area contributed by atoms with Gasteiger partial charge in [0, 0.05) is 5.69 Å². The molecular weight excluding hydrogens is 487 g/mol. The van der Waals surface area contributed by atoms with E-state index >= 15 is 0 Å². The first-order valence-corrected chi connectivity index (χ1v) is 11.9. The molecule has 2 atom stereocenters. The molecule has 1 heterocycles. The number of hydrogen-bond acceptors (Lipinski definition) is 4. The van der Waals surface area contributed by atoms with Gasteiger partial charge in [-0.2, -0.15) is 0 Å². The van der Waals surface area contributed by atoms with Crippen molar-refractivity contribution >= 4 is 46.6 Å². The summed E-state index contributed by atoms with van der Waals surface area (Å²) in [7, 11) is 1.55. The lowest BCUT2D eigenvalue weighted by molar-refractivity contribution is -0.142. The van der Waals surface area contributed by atoms with Crippen LogP contribution in [0.4, 0.5) is 5.69 Å². The predicted octanol–water partition coefficient (Wildman–Crippen LogP) is 4.23. The van der Waals surface area contributed by atoms with Gasteiger partial charge in [0.1, 0.15) is 22.0 Å². The van der Waals surface area contributed by atoms with Gasteiger partial charge in [-0.3, -0.25) is 19.3 Å². The van der Waals surface area contributed by atoms with Crippen LogP contribution in [-0.4, -0.2) is 36.3 Å². The van der Waals surface area contributed by atoms with Crippen molar-refractivity contribution in [2.75, 3.05) is 19.0 Å². The molecule has 0 radical (unpaired) electrons. The van der Waals surface area contributed by atoms with E-state index in [2.05, 4.69) is 5.32 Å². The molecule has 0 spiro atoms. The molecule has 3 aromatic carbocycles. The lowest BCUT2D eigenvalue weighted by Gasteiger charge is -2.54. The fourth-order valence-electron chi connectivity index (χ4n) is 5.90. The number of imide groups is 1. The highest BCUT2D eigenvalue weighted by atomic mass is 35.5. The zero-order valence-electron chi connectivity index (χ0n) is 18.6. The number of benzene rings is 3. The van der Waals surface area contributed by atoms with E-state index in [1.54, 1.807) is 31.4 Å². The first-order valence-electron chi connectivity index (χ1n) is 11.2. The summed E-state index contributed by atoms with van der Waals surface area (Å²) >= 11 is 14.7. The Bertz CT molecular complexity index is 1280. The van der Waals surface area contributed by atoms with Crippen LogP contribution < -0.4 is 10.1 Å². The summed E-state index contributed by atoms with van der Waals surface area (Å²) in [6.45, 7) is -0.427. The highest BCUT2D eigenvalue weighted by Gasteiger charge is 2.73. The number of halogens is 2. The van der Waals surface area contributed by atoms with E-state index in [0.717, 1.165) is 27.2 Å². The lowest BCUT2D eigenvalue weighted by atomic mass is 9.54. The van der Waals surface area contributed by atoms with Crippen LogP contribution in [0.5, 0.6) is 5.75 Å². The van der Waals surface area contributed by atoms with Crippen molar-refractivity contribution in [2.45, 2.75) is 9.75 Å². The average Bonchev–Trinajstić information content (AvgIpc) is 3.13. The quantitative estimate of drug-likeness (QED) is 0.424. The largest absolute Gasteiger partial charge is 0.497 e. The molecule has 3 aromatic rings. The van der Waals surface area contributed by atoms with Crippen LogP contribution in [0.3, 0.4) is 0 Å². The minimum absolute atomic E-state index is 0.427. The Morgan fingerprint density at radius 3 is 1.66 bits per heavy atom. The Balaban J connectivity index is 1.39. The van der Waals surface area contributed by atoms with E-state index in [4.69, 9.17) is 27.9 Å². The molecule has 0 saturated carbocycles. The van der Waals surface area contributed by atoms with Crippen LogP contribution in [0.1, 0.15) is 22.3 Å². The number of ether oxygens (including phenoxy) is 1. The second-order valence-electron chi connectivity index (χ2n) is 9.01. The maximum Gasteiger partial charge on any atom is 0.244 e. The monoisotopic (exact) mass is 506 g/mol. The van der Waals surface area contributed by atoms with Crippen LogP contribution in [0.2, 0.25) is 0 Å². The van der Waals surface area contributed by atoms with Gasteiger partial charge in [0.2, 0.25) is 17.7 Å². The van der Waals surface area contributed by atoms with Crippen molar-refractivity contribution in [3.05, 3.63) is 95.1 Å². The zero-order valence-corrected chi connectivity index (χ0v) is 20.1. The third-order valence-corrected chi connectivity index (χ3v) is 8.64. The number of nitrogens with zero attached hydrogens (tertiary/aromatic N) is 1. The maximum absolute atomic E-state index is 13.7.